The highest BCUT2D eigenvalue weighted by molar-refractivity contribution is 6.02. The number of rotatable bonds is 4. The molecule has 5 nitrogen and oxygen atoms in total. The molecule has 1 saturated heterocycles. The van der Waals surface area contributed by atoms with E-state index in [-0.39, 0.29) is 5.91 Å². The maximum atomic E-state index is 12.7. The topological polar surface area (TPSA) is 40.8 Å². The number of likely N-dealkylation sites (tertiary alicyclic amines) is 1. The van der Waals surface area contributed by atoms with Gasteiger partial charge in [-0.15, -0.1) is 0 Å². The Bertz CT molecular complexity index is 780. The number of carbonyl (C=O) groups is 1. The average molecular weight is 336 g/mol. The van der Waals surface area contributed by atoms with E-state index in [4.69, 9.17) is 0 Å². The summed E-state index contributed by atoms with van der Waals surface area (Å²) in [6, 6.07) is 14.7. The van der Waals surface area contributed by atoms with Crippen LogP contribution in [0.25, 0.3) is 0 Å². The van der Waals surface area contributed by atoms with Crippen molar-refractivity contribution in [3.05, 3.63) is 59.9 Å². The zero-order chi connectivity index (χ0) is 17.2. The maximum absolute atomic E-state index is 12.7. The molecular weight excluding hydrogens is 312 g/mol. The molecule has 1 aromatic carbocycles. The molecular formula is C20H24N4O. The standard InChI is InChI=1S/C20H24N4O/c1-22-12-5-9-18(22)19-10-6-13-23(19)15-20(25)24-14-11-17(21-24)16-7-3-2-4-8-16/h2-5,7-9,12,19H,6,10-11,13-15H2,1H3/t19-/m1/s1. The van der Waals surface area contributed by atoms with E-state index < -0.39 is 0 Å². The summed E-state index contributed by atoms with van der Waals surface area (Å²) in [6.07, 6.45) is 5.16. The molecule has 0 saturated carbocycles. The summed E-state index contributed by atoms with van der Waals surface area (Å²) in [5.41, 5.74) is 3.41. The molecule has 0 unspecified atom stereocenters. The Morgan fingerprint density at radius 3 is 2.76 bits per heavy atom. The fourth-order valence-electron chi connectivity index (χ4n) is 3.90. The van der Waals surface area contributed by atoms with E-state index in [1.165, 1.54) is 5.69 Å². The number of hydrogen-bond acceptors (Lipinski definition) is 3. The Morgan fingerprint density at radius 1 is 1.16 bits per heavy atom. The third kappa shape index (κ3) is 3.24. The van der Waals surface area contributed by atoms with Crippen LogP contribution in [0.4, 0.5) is 0 Å². The highest BCUT2D eigenvalue weighted by Crippen LogP contribution is 2.31. The molecule has 1 fully saturated rings. The number of benzene rings is 1. The number of aryl methyl sites for hydroxylation is 1. The summed E-state index contributed by atoms with van der Waals surface area (Å²) in [5.74, 6) is 0.104. The predicted molar refractivity (Wildman–Crippen MR) is 98.3 cm³/mol. The second-order valence-electron chi connectivity index (χ2n) is 6.85. The fraction of sp³-hybridized carbons (Fsp3) is 0.400. The zero-order valence-corrected chi connectivity index (χ0v) is 14.6. The molecule has 0 bridgehead atoms. The van der Waals surface area contributed by atoms with Crippen LogP contribution in [0, 0.1) is 0 Å². The lowest BCUT2D eigenvalue weighted by molar-refractivity contribution is -0.132. The molecule has 130 valence electrons. The highest BCUT2D eigenvalue weighted by atomic mass is 16.2. The number of carbonyl (C=O) groups excluding carboxylic acids is 1. The van der Waals surface area contributed by atoms with Crippen molar-refractivity contribution in [3.63, 3.8) is 0 Å². The molecule has 1 aromatic heterocycles. The zero-order valence-electron chi connectivity index (χ0n) is 14.6. The Labute approximate surface area is 148 Å². The minimum atomic E-state index is 0.104. The van der Waals surface area contributed by atoms with Crippen molar-refractivity contribution in [2.24, 2.45) is 12.1 Å². The Balaban J connectivity index is 1.44. The predicted octanol–water partition coefficient (Wildman–Crippen LogP) is 2.80. The van der Waals surface area contributed by atoms with E-state index in [0.29, 0.717) is 19.1 Å². The van der Waals surface area contributed by atoms with Gasteiger partial charge in [0, 0.05) is 25.4 Å². The van der Waals surface area contributed by atoms with Crippen molar-refractivity contribution in [3.8, 4) is 0 Å². The minimum absolute atomic E-state index is 0.104. The van der Waals surface area contributed by atoms with E-state index in [0.717, 1.165) is 37.1 Å². The molecule has 1 atom stereocenters. The van der Waals surface area contributed by atoms with E-state index in [2.05, 4.69) is 52.1 Å². The lowest BCUT2D eigenvalue weighted by Gasteiger charge is -2.25. The molecule has 0 N–H and O–H groups in total. The van der Waals surface area contributed by atoms with Gasteiger partial charge >= 0.3 is 0 Å². The largest absolute Gasteiger partial charge is 0.353 e. The molecule has 2 aliphatic heterocycles. The first-order valence-corrected chi connectivity index (χ1v) is 9.01. The van der Waals surface area contributed by atoms with Crippen LogP contribution < -0.4 is 0 Å². The van der Waals surface area contributed by atoms with E-state index >= 15 is 0 Å². The minimum Gasteiger partial charge on any atom is -0.353 e. The van der Waals surface area contributed by atoms with Crippen LogP contribution in [0.3, 0.4) is 0 Å². The number of hydrogen-bond donors (Lipinski definition) is 0. The second-order valence-corrected chi connectivity index (χ2v) is 6.85. The third-order valence-electron chi connectivity index (χ3n) is 5.22. The molecule has 2 aliphatic rings. The highest BCUT2D eigenvalue weighted by Gasteiger charge is 2.31. The normalized spacial score (nSPS) is 20.9. The lowest BCUT2D eigenvalue weighted by Crippen LogP contribution is -2.37. The maximum Gasteiger partial charge on any atom is 0.256 e. The van der Waals surface area contributed by atoms with Gasteiger partial charge in [-0.2, -0.15) is 5.10 Å². The molecule has 4 rings (SSSR count). The summed E-state index contributed by atoms with van der Waals surface area (Å²) in [6.45, 7) is 2.11. The Kier molecular flexibility index (Phi) is 4.40. The van der Waals surface area contributed by atoms with E-state index in [9.17, 15) is 4.79 Å². The third-order valence-corrected chi connectivity index (χ3v) is 5.22. The summed E-state index contributed by atoms with van der Waals surface area (Å²) < 4.78 is 2.16. The first-order chi connectivity index (χ1) is 12.2. The van der Waals surface area contributed by atoms with Crippen LogP contribution in [0.15, 0.2) is 53.8 Å². The van der Waals surface area contributed by atoms with Gasteiger partial charge < -0.3 is 4.57 Å². The van der Waals surface area contributed by atoms with Crippen molar-refractivity contribution < 1.29 is 4.79 Å². The average Bonchev–Trinajstić information content (AvgIpc) is 3.36. The smallest absolute Gasteiger partial charge is 0.256 e. The van der Waals surface area contributed by atoms with Crippen LogP contribution in [-0.2, 0) is 11.8 Å². The van der Waals surface area contributed by atoms with Crippen molar-refractivity contribution in [1.82, 2.24) is 14.5 Å². The van der Waals surface area contributed by atoms with Gasteiger partial charge in [0.2, 0.25) is 0 Å². The van der Waals surface area contributed by atoms with Crippen molar-refractivity contribution in [2.75, 3.05) is 19.6 Å². The molecule has 0 spiro atoms. The molecule has 2 aromatic rings. The van der Waals surface area contributed by atoms with Gasteiger partial charge in [-0.25, -0.2) is 5.01 Å². The molecule has 1 amide bonds. The Morgan fingerprint density at radius 2 is 2.00 bits per heavy atom. The molecule has 3 heterocycles. The van der Waals surface area contributed by atoms with Gasteiger partial charge in [0.25, 0.3) is 5.91 Å². The van der Waals surface area contributed by atoms with Crippen LogP contribution >= 0.6 is 0 Å². The molecule has 0 aliphatic carbocycles. The van der Waals surface area contributed by atoms with Crippen molar-refractivity contribution in [1.29, 1.82) is 0 Å². The SMILES string of the molecule is Cn1cccc1[C@H]1CCCN1CC(=O)N1CCC(c2ccccc2)=N1. The summed E-state index contributed by atoms with van der Waals surface area (Å²) in [7, 11) is 2.07. The van der Waals surface area contributed by atoms with E-state index in [1.807, 2.05) is 18.2 Å². The quantitative estimate of drug-likeness (QED) is 0.861. The van der Waals surface area contributed by atoms with Gasteiger partial charge in [0.1, 0.15) is 0 Å². The summed E-state index contributed by atoms with van der Waals surface area (Å²) >= 11 is 0. The van der Waals surface area contributed by atoms with Crippen LogP contribution in [0.1, 0.15) is 36.6 Å². The monoisotopic (exact) mass is 336 g/mol. The number of hydrazone groups is 1. The summed E-state index contributed by atoms with van der Waals surface area (Å²) in [5, 5.41) is 6.23. The van der Waals surface area contributed by atoms with Crippen LogP contribution in [0.2, 0.25) is 0 Å². The van der Waals surface area contributed by atoms with E-state index in [1.54, 1.807) is 5.01 Å². The van der Waals surface area contributed by atoms with Gasteiger partial charge in [-0.3, -0.25) is 9.69 Å². The fourth-order valence-corrected chi connectivity index (χ4v) is 3.90. The van der Waals surface area contributed by atoms with Gasteiger partial charge in [-0.1, -0.05) is 30.3 Å². The number of amides is 1. The van der Waals surface area contributed by atoms with Gasteiger partial charge in [-0.05, 0) is 37.1 Å². The van der Waals surface area contributed by atoms with Crippen LogP contribution in [0.5, 0.6) is 0 Å². The molecule has 25 heavy (non-hydrogen) atoms. The van der Waals surface area contributed by atoms with Crippen molar-refractivity contribution in [2.45, 2.75) is 25.3 Å². The van der Waals surface area contributed by atoms with Crippen LogP contribution in [-0.4, -0.2) is 45.7 Å². The first-order valence-electron chi connectivity index (χ1n) is 9.01. The first kappa shape index (κ1) is 16.1. The molecule has 0 radical (unpaired) electrons. The van der Waals surface area contributed by atoms with Crippen molar-refractivity contribution >= 4 is 11.6 Å². The number of nitrogens with zero attached hydrogens (tertiary/aromatic N) is 4. The molecule has 5 heteroatoms. The second kappa shape index (κ2) is 6.84. The van der Waals surface area contributed by atoms with Gasteiger partial charge in [0.05, 0.1) is 24.8 Å². The Hall–Kier alpha value is -2.40. The van der Waals surface area contributed by atoms with Gasteiger partial charge in [0.15, 0.2) is 0 Å². The summed E-state index contributed by atoms with van der Waals surface area (Å²) in [4.78, 5) is 15.0. The number of aromatic nitrogens is 1. The lowest BCUT2D eigenvalue weighted by atomic mass is 10.1.